The zero-order valence-corrected chi connectivity index (χ0v) is 9.36. The number of hydrogen-bond donors (Lipinski definition) is 1. The highest BCUT2D eigenvalue weighted by Crippen LogP contribution is 2.33. The second-order valence-electron chi connectivity index (χ2n) is 4.06. The number of rotatable bonds is 5. The normalized spacial score (nSPS) is 23.9. The average Bonchev–Trinajstić information content (AvgIpc) is 3.05. The maximum absolute atomic E-state index is 5.20. The summed E-state index contributed by atoms with van der Waals surface area (Å²) in [5.74, 6) is 1.62. The van der Waals surface area contributed by atoms with E-state index in [1.807, 2.05) is 6.07 Å². The number of pyridine rings is 1. The van der Waals surface area contributed by atoms with Crippen LogP contribution in [0.15, 0.2) is 18.3 Å². The molecule has 1 saturated carbocycles. The van der Waals surface area contributed by atoms with Crippen molar-refractivity contribution in [1.82, 2.24) is 10.3 Å². The topological polar surface area (TPSA) is 34.2 Å². The number of hydrogen-bond acceptors (Lipinski definition) is 3. The lowest BCUT2D eigenvalue weighted by Gasteiger charge is -2.07. The van der Waals surface area contributed by atoms with Crippen molar-refractivity contribution in [3.8, 4) is 5.88 Å². The summed E-state index contributed by atoms with van der Waals surface area (Å²) in [6.45, 7) is 3.11. The number of ether oxygens (including phenoxy) is 1. The summed E-state index contributed by atoms with van der Waals surface area (Å²) in [5, 5.41) is 3.53. The Balaban J connectivity index is 1.88. The number of methoxy groups -OCH3 is 1. The van der Waals surface area contributed by atoms with Crippen LogP contribution in [0.4, 0.5) is 0 Å². The van der Waals surface area contributed by atoms with E-state index in [4.69, 9.17) is 4.74 Å². The van der Waals surface area contributed by atoms with E-state index in [0.29, 0.717) is 6.04 Å². The van der Waals surface area contributed by atoms with Crippen LogP contribution in [-0.4, -0.2) is 18.1 Å². The highest BCUT2D eigenvalue weighted by molar-refractivity contribution is 5.25. The van der Waals surface area contributed by atoms with Crippen LogP contribution in [0.5, 0.6) is 5.88 Å². The molecule has 2 atom stereocenters. The van der Waals surface area contributed by atoms with Crippen molar-refractivity contribution < 1.29 is 4.74 Å². The van der Waals surface area contributed by atoms with Gasteiger partial charge >= 0.3 is 0 Å². The molecule has 1 N–H and O–H groups in total. The van der Waals surface area contributed by atoms with Crippen molar-refractivity contribution in [2.75, 3.05) is 7.11 Å². The second kappa shape index (κ2) is 4.62. The number of nitrogens with zero attached hydrogens (tertiary/aromatic N) is 1. The summed E-state index contributed by atoms with van der Waals surface area (Å²) in [7, 11) is 1.66. The molecule has 0 amide bonds. The maximum atomic E-state index is 5.20. The van der Waals surface area contributed by atoms with Crippen LogP contribution in [0.2, 0.25) is 0 Å². The SMILES string of the molecule is CCC1CC1NCc1cccnc1OC. The first-order chi connectivity index (χ1) is 7.35. The Morgan fingerprint density at radius 1 is 1.60 bits per heavy atom. The molecule has 2 rings (SSSR count). The molecule has 0 radical (unpaired) electrons. The van der Waals surface area contributed by atoms with E-state index in [-0.39, 0.29) is 0 Å². The van der Waals surface area contributed by atoms with Crippen LogP contribution in [0.1, 0.15) is 25.3 Å². The number of aromatic nitrogens is 1. The van der Waals surface area contributed by atoms with Gasteiger partial charge in [-0.25, -0.2) is 4.98 Å². The first kappa shape index (κ1) is 10.4. The van der Waals surface area contributed by atoms with Crippen LogP contribution in [0.25, 0.3) is 0 Å². The van der Waals surface area contributed by atoms with Crippen molar-refractivity contribution in [3.05, 3.63) is 23.9 Å². The lowest BCUT2D eigenvalue weighted by molar-refractivity contribution is 0.390. The van der Waals surface area contributed by atoms with Gasteiger partial charge in [0, 0.05) is 24.3 Å². The third-order valence-electron chi connectivity index (χ3n) is 3.04. The second-order valence-corrected chi connectivity index (χ2v) is 4.06. The fourth-order valence-corrected chi connectivity index (χ4v) is 1.93. The van der Waals surface area contributed by atoms with Gasteiger partial charge in [-0.2, -0.15) is 0 Å². The van der Waals surface area contributed by atoms with Crippen LogP contribution in [0.3, 0.4) is 0 Å². The first-order valence-electron chi connectivity index (χ1n) is 5.56. The third kappa shape index (κ3) is 2.48. The molecule has 1 aliphatic carbocycles. The summed E-state index contributed by atoms with van der Waals surface area (Å²) in [5.41, 5.74) is 1.14. The Labute approximate surface area is 90.9 Å². The van der Waals surface area contributed by atoms with Gasteiger partial charge in [-0.3, -0.25) is 0 Å². The summed E-state index contributed by atoms with van der Waals surface area (Å²) >= 11 is 0. The summed E-state index contributed by atoms with van der Waals surface area (Å²) in [6, 6.07) is 4.71. The van der Waals surface area contributed by atoms with Crippen molar-refractivity contribution in [2.24, 2.45) is 5.92 Å². The van der Waals surface area contributed by atoms with Gasteiger partial charge in [-0.05, 0) is 18.4 Å². The van der Waals surface area contributed by atoms with Crippen molar-refractivity contribution in [2.45, 2.75) is 32.4 Å². The molecule has 1 aromatic rings. The van der Waals surface area contributed by atoms with E-state index in [2.05, 4.69) is 23.3 Å². The van der Waals surface area contributed by atoms with E-state index in [9.17, 15) is 0 Å². The molecule has 1 aromatic heterocycles. The van der Waals surface area contributed by atoms with Crippen molar-refractivity contribution >= 4 is 0 Å². The van der Waals surface area contributed by atoms with E-state index in [1.54, 1.807) is 13.3 Å². The molecule has 2 unspecified atom stereocenters. The lowest BCUT2D eigenvalue weighted by Crippen LogP contribution is -2.18. The molecule has 82 valence electrons. The maximum Gasteiger partial charge on any atom is 0.217 e. The van der Waals surface area contributed by atoms with E-state index in [1.165, 1.54) is 12.8 Å². The Kier molecular flexibility index (Phi) is 3.21. The smallest absolute Gasteiger partial charge is 0.217 e. The molecule has 0 aliphatic heterocycles. The standard InChI is InChI=1S/C12H18N2O/c1-3-9-7-11(9)14-8-10-5-4-6-13-12(10)15-2/h4-6,9,11,14H,3,7-8H2,1-2H3. The Morgan fingerprint density at radius 3 is 3.13 bits per heavy atom. The van der Waals surface area contributed by atoms with Gasteiger partial charge in [0.1, 0.15) is 0 Å². The van der Waals surface area contributed by atoms with Gasteiger partial charge in [-0.1, -0.05) is 19.4 Å². The molecule has 1 aliphatic rings. The molecule has 0 spiro atoms. The predicted molar refractivity (Wildman–Crippen MR) is 59.8 cm³/mol. The van der Waals surface area contributed by atoms with Gasteiger partial charge in [0.2, 0.25) is 5.88 Å². The highest BCUT2D eigenvalue weighted by Gasteiger charge is 2.34. The van der Waals surface area contributed by atoms with Gasteiger partial charge in [-0.15, -0.1) is 0 Å². The summed E-state index contributed by atoms with van der Waals surface area (Å²) < 4.78 is 5.20. The van der Waals surface area contributed by atoms with Gasteiger partial charge in [0.25, 0.3) is 0 Å². The zero-order valence-electron chi connectivity index (χ0n) is 9.36. The Morgan fingerprint density at radius 2 is 2.47 bits per heavy atom. The molecule has 0 aromatic carbocycles. The fraction of sp³-hybridized carbons (Fsp3) is 0.583. The molecule has 1 fully saturated rings. The Bertz CT molecular complexity index is 327. The molecular weight excluding hydrogens is 188 g/mol. The van der Waals surface area contributed by atoms with E-state index in [0.717, 1.165) is 23.9 Å². The molecule has 1 heterocycles. The minimum atomic E-state index is 0.708. The van der Waals surface area contributed by atoms with Crippen LogP contribution in [-0.2, 0) is 6.54 Å². The molecule has 0 bridgehead atoms. The van der Waals surface area contributed by atoms with Gasteiger partial charge in [0.05, 0.1) is 7.11 Å². The summed E-state index contributed by atoms with van der Waals surface area (Å²) in [6.07, 6.45) is 4.36. The third-order valence-corrected chi connectivity index (χ3v) is 3.04. The van der Waals surface area contributed by atoms with Crippen LogP contribution < -0.4 is 10.1 Å². The van der Waals surface area contributed by atoms with Gasteiger partial charge in [0.15, 0.2) is 0 Å². The molecule has 0 saturated heterocycles. The highest BCUT2D eigenvalue weighted by atomic mass is 16.5. The molecule has 3 heteroatoms. The fourth-order valence-electron chi connectivity index (χ4n) is 1.93. The predicted octanol–water partition coefficient (Wildman–Crippen LogP) is 1.98. The minimum absolute atomic E-state index is 0.708. The van der Waals surface area contributed by atoms with Crippen molar-refractivity contribution in [3.63, 3.8) is 0 Å². The summed E-state index contributed by atoms with van der Waals surface area (Å²) in [4.78, 5) is 4.17. The average molecular weight is 206 g/mol. The first-order valence-corrected chi connectivity index (χ1v) is 5.56. The number of nitrogens with one attached hydrogen (secondary N) is 1. The van der Waals surface area contributed by atoms with E-state index < -0.39 is 0 Å². The largest absolute Gasteiger partial charge is 0.481 e. The minimum Gasteiger partial charge on any atom is -0.481 e. The van der Waals surface area contributed by atoms with E-state index >= 15 is 0 Å². The molecular formula is C12H18N2O. The zero-order chi connectivity index (χ0) is 10.7. The quantitative estimate of drug-likeness (QED) is 0.800. The van der Waals surface area contributed by atoms with Crippen LogP contribution in [0, 0.1) is 5.92 Å². The lowest BCUT2D eigenvalue weighted by atomic mass is 10.2. The van der Waals surface area contributed by atoms with Crippen LogP contribution >= 0.6 is 0 Å². The molecule has 15 heavy (non-hydrogen) atoms. The monoisotopic (exact) mass is 206 g/mol. The molecule has 3 nitrogen and oxygen atoms in total. The van der Waals surface area contributed by atoms with Gasteiger partial charge < -0.3 is 10.1 Å². The Hall–Kier alpha value is -1.09. The van der Waals surface area contributed by atoms with Crippen molar-refractivity contribution in [1.29, 1.82) is 0 Å².